The van der Waals surface area contributed by atoms with E-state index in [4.69, 9.17) is 0 Å². The number of fused-ring (bicyclic) bond motifs is 3. The first-order chi connectivity index (χ1) is 11.6. The zero-order valence-electron chi connectivity index (χ0n) is 15.9. The van der Waals surface area contributed by atoms with Crippen molar-refractivity contribution in [3.05, 3.63) is 23.9 Å². The predicted octanol–water partition coefficient (Wildman–Crippen LogP) is 2.44. The Hall–Kier alpha value is -1.62. The first-order valence-corrected chi connectivity index (χ1v) is 9.29. The highest BCUT2D eigenvalue weighted by molar-refractivity contribution is 5.88. The highest BCUT2D eigenvalue weighted by atomic mass is 16.3. The maximum absolute atomic E-state index is 13.6. The number of hydrogen-bond acceptors (Lipinski definition) is 4. The second-order valence-corrected chi connectivity index (χ2v) is 9.24. The highest BCUT2D eigenvalue weighted by Gasteiger charge is 2.78. The lowest BCUT2D eigenvalue weighted by molar-refractivity contribution is -0.139. The summed E-state index contributed by atoms with van der Waals surface area (Å²) in [5.74, 6) is 1.17. The molecule has 1 N–H and O–H groups in total. The van der Waals surface area contributed by atoms with Gasteiger partial charge in [0.05, 0.1) is 17.6 Å². The normalized spacial score (nSPS) is 31.1. The molecule has 1 aliphatic carbocycles. The Labute approximate surface area is 150 Å². The minimum absolute atomic E-state index is 0.0178. The predicted molar refractivity (Wildman–Crippen MR) is 97.1 cm³/mol. The van der Waals surface area contributed by atoms with Gasteiger partial charge in [0.25, 0.3) is 0 Å². The van der Waals surface area contributed by atoms with Crippen LogP contribution in [0, 0.1) is 16.2 Å². The van der Waals surface area contributed by atoms with E-state index in [0.29, 0.717) is 26.1 Å². The van der Waals surface area contributed by atoms with Crippen LogP contribution in [-0.2, 0) is 11.3 Å². The Morgan fingerprint density at radius 1 is 1.20 bits per heavy atom. The first-order valence-electron chi connectivity index (χ1n) is 9.29. The third-order valence-electron chi connectivity index (χ3n) is 8.04. The first kappa shape index (κ1) is 16.8. The van der Waals surface area contributed by atoms with Crippen LogP contribution in [0.15, 0.2) is 18.3 Å². The van der Waals surface area contributed by atoms with E-state index in [9.17, 15) is 9.90 Å². The van der Waals surface area contributed by atoms with Crippen molar-refractivity contribution in [1.82, 2.24) is 9.88 Å². The number of carbonyl (C=O) groups is 1. The van der Waals surface area contributed by atoms with Crippen molar-refractivity contribution in [3.8, 4) is 0 Å². The van der Waals surface area contributed by atoms with E-state index in [0.717, 1.165) is 11.4 Å². The van der Waals surface area contributed by atoms with E-state index in [1.165, 1.54) is 0 Å². The molecule has 1 saturated carbocycles. The van der Waals surface area contributed by atoms with Crippen LogP contribution >= 0.6 is 0 Å². The molecule has 4 rings (SSSR count). The maximum Gasteiger partial charge on any atom is 0.230 e. The largest absolute Gasteiger partial charge is 0.391 e. The van der Waals surface area contributed by atoms with Gasteiger partial charge in [0.1, 0.15) is 5.82 Å². The van der Waals surface area contributed by atoms with E-state index >= 15 is 0 Å². The van der Waals surface area contributed by atoms with E-state index in [1.807, 2.05) is 11.0 Å². The molecule has 0 unspecified atom stereocenters. The van der Waals surface area contributed by atoms with Crippen molar-refractivity contribution in [2.45, 2.75) is 59.7 Å². The number of aromatic nitrogens is 1. The van der Waals surface area contributed by atoms with Gasteiger partial charge in [-0.1, -0.05) is 33.8 Å². The van der Waals surface area contributed by atoms with Gasteiger partial charge in [0.2, 0.25) is 5.91 Å². The lowest BCUT2D eigenvalue weighted by Crippen LogP contribution is -2.44. The zero-order chi connectivity index (χ0) is 18.2. The van der Waals surface area contributed by atoms with Gasteiger partial charge in [-0.25, -0.2) is 4.98 Å². The summed E-state index contributed by atoms with van der Waals surface area (Å²) in [6, 6.07) is 4.13. The summed E-state index contributed by atoms with van der Waals surface area (Å²) in [5.41, 5.74) is 0.688. The number of hydrogen-bond donors (Lipinski definition) is 1. The van der Waals surface area contributed by atoms with Gasteiger partial charge in [0.15, 0.2) is 0 Å². The zero-order valence-corrected chi connectivity index (χ0v) is 15.9. The van der Waals surface area contributed by atoms with E-state index < -0.39 is 0 Å². The van der Waals surface area contributed by atoms with Crippen LogP contribution < -0.4 is 4.90 Å². The van der Waals surface area contributed by atoms with Crippen LogP contribution in [0.25, 0.3) is 0 Å². The Bertz CT molecular complexity index is 713. The summed E-state index contributed by atoms with van der Waals surface area (Å²) in [5, 5.41) is 10.2. The second kappa shape index (κ2) is 4.97. The molecular formula is C20H29N3O2. The van der Waals surface area contributed by atoms with E-state index in [-0.39, 0.29) is 34.3 Å². The van der Waals surface area contributed by atoms with Crippen LogP contribution in [0.1, 0.15) is 46.6 Å². The molecule has 0 spiro atoms. The SMILES string of the molecule is CC1(C)C(C)(C)C1(C)C(=O)N1Cc2cccnc2N2C[C@H](O)C[C@H]2C1. The van der Waals surface area contributed by atoms with Crippen LogP contribution in [0.5, 0.6) is 0 Å². The van der Waals surface area contributed by atoms with Gasteiger partial charge >= 0.3 is 0 Å². The van der Waals surface area contributed by atoms with Crippen molar-refractivity contribution in [1.29, 1.82) is 0 Å². The molecule has 25 heavy (non-hydrogen) atoms. The lowest BCUT2D eigenvalue weighted by atomic mass is 9.95. The van der Waals surface area contributed by atoms with Gasteiger partial charge in [-0.05, 0) is 30.2 Å². The Kier molecular flexibility index (Phi) is 3.34. The molecule has 0 aromatic carbocycles. The van der Waals surface area contributed by atoms with Crippen LogP contribution in [-0.4, -0.2) is 46.1 Å². The fourth-order valence-corrected chi connectivity index (χ4v) is 5.26. The quantitative estimate of drug-likeness (QED) is 0.851. The molecule has 2 aliphatic heterocycles. The number of anilines is 1. The summed E-state index contributed by atoms with van der Waals surface area (Å²) in [6.07, 6.45) is 2.15. The molecule has 2 atom stereocenters. The monoisotopic (exact) mass is 343 g/mol. The van der Waals surface area contributed by atoms with Crippen molar-refractivity contribution in [3.63, 3.8) is 0 Å². The van der Waals surface area contributed by atoms with Crippen molar-refractivity contribution in [2.24, 2.45) is 16.2 Å². The Morgan fingerprint density at radius 3 is 2.52 bits per heavy atom. The maximum atomic E-state index is 13.6. The number of aliphatic hydroxyl groups is 1. The third-order valence-corrected chi connectivity index (χ3v) is 8.04. The minimum atomic E-state index is -0.352. The molecule has 0 radical (unpaired) electrons. The average Bonchev–Trinajstić information content (AvgIpc) is 2.78. The molecule has 0 bridgehead atoms. The fraction of sp³-hybridized carbons (Fsp3) is 0.700. The highest BCUT2D eigenvalue weighted by Crippen LogP contribution is 2.78. The lowest BCUT2D eigenvalue weighted by Gasteiger charge is -2.30. The summed E-state index contributed by atoms with van der Waals surface area (Å²) in [6.45, 7) is 12.8. The van der Waals surface area contributed by atoms with E-state index in [1.54, 1.807) is 6.20 Å². The van der Waals surface area contributed by atoms with Crippen molar-refractivity contribution in [2.75, 3.05) is 18.0 Å². The smallest absolute Gasteiger partial charge is 0.230 e. The standard InChI is InChI=1S/C20H29N3O2/c1-18(2)19(3,4)20(18,5)17(25)22-10-13-7-6-8-21-16(13)23-12-15(24)9-14(23)11-22/h6-8,14-15,24H,9-12H2,1-5H3/t14-,15+/m0/s1. The van der Waals surface area contributed by atoms with Crippen LogP contribution in [0.3, 0.4) is 0 Å². The van der Waals surface area contributed by atoms with E-state index in [2.05, 4.69) is 50.6 Å². The molecule has 1 amide bonds. The minimum Gasteiger partial charge on any atom is -0.391 e. The number of nitrogens with zero attached hydrogens (tertiary/aromatic N) is 3. The molecule has 1 aromatic heterocycles. The molecule has 5 nitrogen and oxygen atoms in total. The Balaban J connectivity index is 1.70. The molecule has 5 heteroatoms. The van der Waals surface area contributed by atoms with Gasteiger partial charge in [-0.3, -0.25) is 4.79 Å². The van der Waals surface area contributed by atoms with Crippen molar-refractivity contribution < 1.29 is 9.90 Å². The average molecular weight is 343 g/mol. The molecule has 1 aromatic rings. The van der Waals surface area contributed by atoms with Crippen LogP contribution in [0.4, 0.5) is 5.82 Å². The summed E-state index contributed by atoms with van der Waals surface area (Å²) < 4.78 is 0. The summed E-state index contributed by atoms with van der Waals surface area (Å²) in [7, 11) is 0. The van der Waals surface area contributed by atoms with Gasteiger partial charge in [0, 0.05) is 31.4 Å². The number of carbonyl (C=O) groups excluding carboxylic acids is 1. The number of aliphatic hydroxyl groups excluding tert-OH is 1. The van der Waals surface area contributed by atoms with Crippen LogP contribution in [0.2, 0.25) is 0 Å². The molecule has 3 aliphatic rings. The molecular weight excluding hydrogens is 314 g/mol. The Morgan fingerprint density at radius 2 is 1.88 bits per heavy atom. The fourth-order valence-electron chi connectivity index (χ4n) is 5.26. The van der Waals surface area contributed by atoms with Gasteiger partial charge < -0.3 is 14.9 Å². The van der Waals surface area contributed by atoms with Gasteiger partial charge in [-0.15, -0.1) is 0 Å². The molecule has 1 saturated heterocycles. The van der Waals surface area contributed by atoms with Crippen molar-refractivity contribution >= 4 is 11.7 Å². The molecule has 136 valence electrons. The summed E-state index contributed by atoms with van der Waals surface area (Å²) in [4.78, 5) is 22.3. The topological polar surface area (TPSA) is 56.7 Å². The third kappa shape index (κ3) is 1.99. The molecule has 2 fully saturated rings. The summed E-state index contributed by atoms with van der Waals surface area (Å²) >= 11 is 0. The number of pyridine rings is 1. The number of amides is 1. The molecule has 3 heterocycles. The van der Waals surface area contributed by atoms with Gasteiger partial charge in [-0.2, -0.15) is 0 Å². The number of rotatable bonds is 1. The second-order valence-electron chi connectivity index (χ2n) is 9.24.